The largest absolute Gasteiger partial charge is 0.450 e. The molecule has 3 atom stereocenters. The van der Waals surface area contributed by atoms with Crippen LogP contribution >= 0.6 is 0 Å². The Morgan fingerprint density at radius 3 is 2.33 bits per heavy atom. The fourth-order valence-electron chi connectivity index (χ4n) is 3.16. The van der Waals surface area contributed by atoms with Gasteiger partial charge in [-0.2, -0.15) is 0 Å². The van der Waals surface area contributed by atoms with Gasteiger partial charge >= 0.3 is 6.09 Å². The van der Waals surface area contributed by atoms with Gasteiger partial charge < -0.3 is 20.3 Å². The average molecular weight is 297 g/mol. The van der Waals surface area contributed by atoms with Crippen LogP contribution in [0.4, 0.5) is 4.79 Å². The Kier molecular flexibility index (Phi) is 5.45. The molecule has 6 heteroatoms. The summed E-state index contributed by atoms with van der Waals surface area (Å²) in [6.45, 7) is 6.64. The third-order valence-electron chi connectivity index (χ3n) is 4.72. The highest BCUT2D eigenvalue weighted by Crippen LogP contribution is 2.29. The molecule has 0 aromatic rings. The fourth-order valence-corrected chi connectivity index (χ4v) is 3.16. The number of nitrogens with two attached hydrogens (primary N) is 1. The van der Waals surface area contributed by atoms with Crippen molar-refractivity contribution in [3.05, 3.63) is 0 Å². The van der Waals surface area contributed by atoms with Crippen LogP contribution in [0.25, 0.3) is 0 Å². The van der Waals surface area contributed by atoms with Crippen LogP contribution in [0, 0.1) is 11.8 Å². The highest BCUT2D eigenvalue weighted by molar-refractivity contribution is 5.79. The van der Waals surface area contributed by atoms with Crippen LogP contribution in [0.5, 0.6) is 0 Å². The molecule has 2 amide bonds. The van der Waals surface area contributed by atoms with Crippen LogP contribution in [-0.4, -0.2) is 60.6 Å². The number of nitrogens with zero attached hydrogens (tertiary/aromatic N) is 2. The van der Waals surface area contributed by atoms with Crippen LogP contribution in [0.3, 0.4) is 0 Å². The zero-order valence-corrected chi connectivity index (χ0v) is 13.1. The molecule has 6 nitrogen and oxygen atoms in total. The summed E-state index contributed by atoms with van der Waals surface area (Å²) >= 11 is 0. The van der Waals surface area contributed by atoms with E-state index in [1.807, 2.05) is 4.90 Å². The quantitative estimate of drug-likeness (QED) is 0.826. The topological polar surface area (TPSA) is 75.9 Å². The van der Waals surface area contributed by atoms with Gasteiger partial charge in [-0.05, 0) is 32.1 Å². The Morgan fingerprint density at radius 2 is 1.76 bits per heavy atom. The second kappa shape index (κ2) is 7.11. The Bertz CT molecular complexity index is 380. The smallest absolute Gasteiger partial charge is 0.409 e. The zero-order chi connectivity index (χ0) is 15.4. The van der Waals surface area contributed by atoms with Crippen LogP contribution in [0.15, 0.2) is 0 Å². The van der Waals surface area contributed by atoms with E-state index >= 15 is 0 Å². The Morgan fingerprint density at radius 1 is 1.14 bits per heavy atom. The summed E-state index contributed by atoms with van der Waals surface area (Å²) in [6.07, 6.45) is 2.47. The summed E-state index contributed by atoms with van der Waals surface area (Å²) in [5.74, 6) is 0.779. The van der Waals surface area contributed by atoms with E-state index in [2.05, 4.69) is 6.92 Å². The second-order valence-electron chi connectivity index (χ2n) is 6.16. The first-order chi connectivity index (χ1) is 10.0. The maximum Gasteiger partial charge on any atom is 0.409 e. The van der Waals surface area contributed by atoms with Gasteiger partial charge in [-0.3, -0.25) is 4.79 Å². The lowest BCUT2D eigenvalue weighted by Crippen LogP contribution is -2.53. The van der Waals surface area contributed by atoms with Gasteiger partial charge in [0.15, 0.2) is 0 Å². The molecule has 2 fully saturated rings. The minimum Gasteiger partial charge on any atom is -0.450 e. The molecule has 1 aliphatic heterocycles. The molecule has 2 aliphatic rings. The van der Waals surface area contributed by atoms with Gasteiger partial charge in [0, 0.05) is 38.1 Å². The zero-order valence-electron chi connectivity index (χ0n) is 13.1. The lowest BCUT2D eigenvalue weighted by atomic mass is 9.79. The molecule has 1 saturated heterocycles. The first-order valence-corrected chi connectivity index (χ1v) is 7.99. The van der Waals surface area contributed by atoms with E-state index in [9.17, 15) is 9.59 Å². The van der Waals surface area contributed by atoms with E-state index in [4.69, 9.17) is 10.5 Å². The molecular weight excluding hydrogens is 270 g/mol. The fraction of sp³-hybridized carbons (Fsp3) is 0.867. The molecular formula is C15H27N3O3. The van der Waals surface area contributed by atoms with Gasteiger partial charge in [-0.1, -0.05) is 6.92 Å². The van der Waals surface area contributed by atoms with Gasteiger partial charge in [-0.15, -0.1) is 0 Å². The number of carbonyl (C=O) groups excluding carboxylic acids is 2. The number of amides is 2. The number of carbonyl (C=O) groups is 2. The molecule has 1 aliphatic carbocycles. The van der Waals surface area contributed by atoms with Gasteiger partial charge in [0.2, 0.25) is 5.91 Å². The van der Waals surface area contributed by atoms with Crippen molar-refractivity contribution >= 4 is 12.0 Å². The van der Waals surface area contributed by atoms with Crippen molar-refractivity contribution < 1.29 is 14.3 Å². The Balaban J connectivity index is 1.82. The minimum atomic E-state index is -0.280. The summed E-state index contributed by atoms with van der Waals surface area (Å²) in [5.41, 5.74) is 6.09. The highest BCUT2D eigenvalue weighted by atomic mass is 16.6. The monoisotopic (exact) mass is 297 g/mol. The molecule has 120 valence electrons. The van der Waals surface area contributed by atoms with Crippen molar-refractivity contribution in [2.45, 2.75) is 39.2 Å². The van der Waals surface area contributed by atoms with E-state index in [1.54, 1.807) is 11.8 Å². The number of rotatable bonds is 2. The average Bonchev–Trinajstić information content (AvgIpc) is 2.50. The van der Waals surface area contributed by atoms with Gasteiger partial charge in [0.25, 0.3) is 0 Å². The lowest BCUT2D eigenvalue weighted by molar-refractivity contribution is -0.138. The SMILES string of the molecule is CCOC(=O)N1CCN(C(=O)C2CCC(C)C(N)C2)CC1. The molecule has 2 rings (SSSR count). The standard InChI is InChI=1S/C15H27N3O3/c1-3-21-15(20)18-8-6-17(7-9-18)14(19)12-5-4-11(2)13(16)10-12/h11-13H,3-10,16H2,1-2H3. The Hall–Kier alpha value is -1.30. The van der Waals surface area contributed by atoms with E-state index in [0.717, 1.165) is 19.3 Å². The van der Waals surface area contributed by atoms with Crippen molar-refractivity contribution in [1.82, 2.24) is 9.80 Å². The summed E-state index contributed by atoms with van der Waals surface area (Å²) in [4.78, 5) is 27.7. The van der Waals surface area contributed by atoms with E-state index in [0.29, 0.717) is 38.7 Å². The lowest BCUT2D eigenvalue weighted by Gasteiger charge is -2.38. The van der Waals surface area contributed by atoms with Gasteiger partial charge in [0.05, 0.1) is 6.61 Å². The first kappa shape index (κ1) is 16.1. The first-order valence-electron chi connectivity index (χ1n) is 7.99. The molecule has 2 N–H and O–H groups in total. The van der Waals surface area contributed by atoms with E-state index in [1.165, 1.54) is 0 Å². The maximum absolute atomic E-state index is 12.5. The molecule has 1 saturated carbocycles. The molecule has 1 heterocycles. The van der Waals surface area contributed by atoms with Crippen molar-refractivity contribution in [1.29, 1.82) is 0 Å². The number of ether oxygens (including phenoxy) is 1. The molecule has 0 radical (unpaired) electrons. The van der Waals surface area contributed by atoms with Crippen LogP contribution < -0.4 is 5.73 Å². The third-order valence-corrected chi connectivity index (χ3v) is 4.72. The van der Waals surface area contributed by atoms with E-state index < -0.39 is 0 Å². The third kappa shape index (κ3) is 3.87. The minimum absolute atomic E-state index is 0.0605. The molecule has 0 spiro atoms. The summed E-state index contributed by atoms with van der Waals surface area (Å²) in [6, 6.07) is 0.133. The molecule has 0 bridgehead atoms. The van der Waals surface area contributed by atoms with Crippen molar-refractivity contribution in [2.75, 3.05) is 32.8 Å². The normalized spacial score (nSPS) is 30.1. The summed E-state index contributed by atoms with van der Waals surface area (Å²) in [5, 5.41) is 0. The maximum atomic E-state index is 12.5. The highest BCUT2D eigenvalue weighted by Gasteiger charge is 2.33. The van der Waals surface area contributed by atoms with Crippen molar-refractivity contribution in [3.8, 4) is 0 Å². The second-order valence-corrected chi connectivity index (χ2v) is 6.16. The van der Waals surface area contributed by atoms with Gasteiger partial charge in [0.1, 0.15) is 0 Å². The molecule has 3 unspecified atom stereocenters. The molecule has 0 aromatic heterocycles. The number of hydrogen-bond donors (Lipinski definition) is 1. The predicted octanol–water partition coefficient (Wildman–Crippen LogP) is 1.05. The Labute approximate surface area is 126 Å². The molecule has 21 heavy (non-hydrogen) atoms. The van der Waals surface area contributed by atoms with Crippen molar-refractivity contribution in [2.24, 2.45) is 17.6 Å². The van der Waals surface area contributed by atoms with Crippen LogP contribution in [-0.2, 0) is 9.53 Å². The summed E-state index contributed by atoms with van der Waals surface area (Å²) < 4.78 is 4.99. The van der Waals surface area contributed by atoms with Gasteiger partial charge in [-0.25, -0.2) is 4.79 Å². The molecule has 0 aromatic carbocycles. The summed E-state index contributed by atoms with van der Waals surface area (Å²) in [7, 11) is 0. The van der Waals surface area contributed by atoms with Crippen LogP contribution in [0.2, 0.25) is 0 Å². The van der Waals surface area contributed by atoms with Crippen molar-refractivity contribution in [3.63, 3.8) is 0 Å². The van der Waals surface area contributed by atoms with Crippen LogP contribution in [0.1, 0.15) is 33.1 Å². The van der Waals surface area contributed by atoms with E-state index in [-0.39, 0.29) is 24.0 Å². The number of piperazine rings is 1. The predicted molar refractivity (Wildman–Crippen MR) is 79.7 cm³/mol. The number of hydrogen-bond acceptors (Lipinski definition) is 4.